The summed E-state index contributed by atoms with van der Waals surface area (Å²) in [5.74, 6) is 1.71. The van der Waals surface area contributed by atoms with Gasteiger partial charge in [0.1, 0.15) is 0 Å². The lowest BCUT2D eigenvalue weighted by Crippen LogP contribution is -2.47. The molecule has 1 aliphatic carbocycles. The number of rotatable bonds is 3. The van der Waals surface area contributed by atoms with Crippen LogP contribution in [0.3, 0.4) is 0 Å². The Balaban J connectivity index is 1.63. The van der Waals surface area contributed by atoms with E-state index in [1.807, 2.05) is 17.9 Å². The Morgan fingerprint density at radius 1 is 1.45 bits per heavy atom. The Morgan fingerprint density at radius 2 is 2.30 bits per heavy atom. The molecule has 2 fully saturated rings. The second kappa shape index (κ2) is 5.85. The van der Waals surface area contributed by atoms with Gasteiger partial charge in [0.25, 0.3) is 0 Å². The van der Waals surface area contributed by atoms with Gasteiger partial charge in [-0.25, -0.2) is 0 Å². The van der Waals surface area contributed by atoms with Gasteiger partial charge in [-0.1, -0.05) is 0 Å². The van der Waals surface area contributed by atoms with E-state index in [1.165, 1.54) is 31.2 Å². The van der Waals surface area contributed by atoms with Crippen LogP contribution in [0, 0.1) is 0 Å². The molecule has 5 nitrogen and oxygen atoms in total. The Morgan fingerprint density at radius 3 is 2.90 bits per heavy atom. The summed E-state index contributed by atoms with van der Waals surface area (Å²) < 4.78 is 1.89. The van der Waals surface area contributed by atoms with Crippen LogP contribution < -0.4 is 5.32 Å². The van der Waals surface area contributed by atoms with Gasteiger partial charge in [0.2, 0.25) is 0 Å². The molecule has 0 aromatic carbocycles. The van der Waals surface area contributed by atoms with E-state index in [1.54, 1.807) is 0 Å². The van der Waals surface area contributed by atoms with Crippen molar-refractivity contribution in [2.75, 3.05) is 19.6 Å². The number of aromatic nitrogens is 2. The lowest BCUT2D eigenvalue weighted by molar-refractivity contribution is 0.360. The Bertz CT molecular complexity index is 474. The van der Waals surface area contributed by atoms with Crippen molar-refractivity contribution in [1.29, 1.82) is 0 Å². The number of hydrogen-bond acceptors (Lipinski definition) is 2. The number of guanidine groups is 1. The predicted molar refractivity (Wildman–Crippen MR) is 80.9 cm³/mol. The largest absolute Gasteiger partial charge is 0.354 e. The van der Waals surface area contributed by atoms with E-state index in [4.69, 9.17) is 0 Å². The summed E-state index contributed by atoms with van der Waals surface area (Å²) in [5.41, 5.74) is 1.36. The van der Waals surface area contributed by atoms with Gasteiger partial charge < -0.3 is 10.2 Å². The monoisotopic (exact) mass is 275 g/mol. The zero-order valence-electron chi connectivity index (χ0n) is 12.5. The third-order valence-corrected chi connectivity index (χ3v) is 4.43. The van der Waals surface area contributed by atoms with E-state index in [0.717, 1.165) is 25.6 Å². The maximum absolute atomic E-state index is 4.67. The molecule has 1 unspecified atom stereocenters. The van der Waals surface area contributed by atoms with Crippen LogP contribution in [-0.4, -0.2) is 46.3 Å². The van der Waals surface area contributed by atoms with E-state index in [-0.39, 0.29) is 0 Å². The molecule has 5 heteroatoms. The van der Waals surface area contributed by atoms with Crippen LogP contribution in [0.5, 0.6) is 0 Å². The Kier molecular flexibility index (Phi) is 3.94. The molecule has 0 radical (unpaired) electrons. The van der Waals surface area contributed by atoms with Crippen LogP contribution in [0.25, 0.3) is 0 Å². The SMILES string of the molecule is CCN=C(NC1CCC1)N1CCC(c2cnn(C)c2)C1. The maximum Gasteiger partial charge on any atom is 0.194 e. The number of hydrogen-bond donors (Lipinski definition) is 1. The normalized spacial score (nSPS) is 24.0. The number of aliphatic imine (C=N–C) groups is 1. The Labute approximate surface area is 121 Å². The first-order valence-electron chi connectivity index (χ1n) is 7.80. The fourth-order valence-electron chi connectivity index (χ4n) is 3.00. The standard InChI is InChI=1S/C15H25N5/c1-3-16-15(18-14-5-4-6-14)20-8-7-12(11-20)13-9-17-19(2)10-13/h9-10,12,14H,3-8,11H2,1-2H3,(H,16,18). The van der Waals surface area contributed by atoms with Gasteiger partial charge in [-0.05, 0) is 38.2 Å². The molecule has 1 saturated heterocycles. The smallest absolute Gasteiger partial charge is 0.194 e. The highest BCUT2D eigenvalue weighted by molar-refractivity contribution is 5.80. The van der Waals surface area contributed by atoms with E-state index in [2.05, 4.69) is 33.4 Å². The maximum atomic E-state index is 4.67. The minimum Gasteiger partial charge on any atom is -0.354 e. The zero-order valence-corrected chi connectivity index (χ0v) is 12.5. The average molecular weight is 275 g/mol. The highest BCUT2D eigenvalue weighted by Crippen LogP contribution is 2.27. The highest BCUT2D eigenvalue weighted by atomic mass is 15.3. The minimum atomic E-state index is 0.592. The van der Waals surface area contributed by atoms with Crippen molar-refractivity contribution in [3.63, 3.8) is 0 Å². The number of likely N-dealkylation sites (tertiary alicyclic amines) is 1. The van der Waals surface area contributed by atoms with Gasteiger partial charge in [0, 0.05) is 44.8 Å². The van der Waals surface area contributed by atoms with E-state index in [0.29, 0.717) is 12.0 Å². The van der Waals surface area contributed by atoms with Gasteiger partial charge in [0.05, 0.1) is 6.20 Å². The third kappa shape index (κ3) is 2.81. The van der Waals surface area contributed by atoms with E-state index < -0.39 is 0 Å². The highest BCUT2D eigenvalue weighted by Gasteiger charge is 2.28. The van der Waals surface area contributed by atoms with Crippen LogP contribution in [0.2, 0.25) is 0 Å². The average Bonchev–Trinajstić information content (AvgIpc) is 3.00. The molecule has 110 valence electrons. The van der Waals surface area contributed by atoms with Crippen LogP contribution in [-0.2, 0) is 7.05 Å². The number of nitrogens with one attached hydrogen (secondary N) is 1. The van der Waals surface area contributed by atoms with Crippen LogP contribution >= 0.6 is 0 Å². The molecule has 0 spiro atoms. The lowest BCUT2D eigenvalue weighted by Gasteiger charge is -2.31. The topological polar surface area (TPSA) is 45.5 Å². The molecule has 1 N–H and O–H groups in total. The summed E-state index contributed by atoms with van der Waals surface area (Å²) in [7, 11) is 1.98. The minimum absolute atomic E-state index is 0.592. The summed E-state index contributed by atoms with van der Waals surface area (Å²) in [6.45, 7) is 5.11. The molecule has 1 aliphatic heterocycles. The van der Waals surface area contributed by atoms with Crippen molar-refractivity contribution in [3.05, 3.63) is 18.0 Å². The molecule has 0 bridgehead atoms. The van der Waals surface area contributed by atoms with Gasteiger partial charge in [-0.3, -0.25) is 9.67 Å². The van der Waals surface area contributed by atoms with Crippen molar-refractivity contribution in [2.24, 2.45) is 12.0 Å². The van der Waals surface area contributed by atoms with Gasteiger partial charge in [-0.2, -0.15) is 5.10 Å². The number of aryl methyl sites for hydroxylation is 1. The van der Waals surface area contributed by atoms with Crippen molar-refractivity contribution in [2.45, 2.75) is 44.6 Å². The van der Waals surface area contributed by atoms with Gasteiger partial charge >= 0.3 is 0 Å². The summed E-state index contributed by atoms with van der Waals surface area (Å²) in [6.07, 6.45) is 9.29. The van der Waals surface area contributed by atoms with E-state index >= 15 is 0 Å². The van der Waals surface area contributed by atoms with Crippen LogP contribution in [0.15, 0.2) is 17.4 Å². The molecule has 1 saturated carbocycles. The molecular formula is C15H25N5. The zero-order chi connectivity index (χ0) is 13.9. The van der Waals surface area contributed by atoms with Crippen molar-refractivity contribution in [1.82, 2.24) is 20.0 Å². The fourth-order valence-corrected chi connectivity index (χ4v) is 3.00. The second-order valence-electron chi connectivity index (χ2n) is 5.95. The predicted octanol–water partition coefficient (Wildman–Crippen LogP) is 1.73. The van der Waals surface area contributed by atoms with Crippen molar-refractivity contribution in [3.8, 4) is 0 Å². The van der Waals surface area contributed by atoms with Crippen molar-refractivity contribution < 1.29 is 0 Å². The van der Waals surface area contributed by atoms with Gasteiger partial charge in [0.15, 0.2) is 5.96 Å². The first kappa shape index (κ1) is 13.5. The molecule has 1 aromatic heterocycles. The summed E-state index contributed by atoms with van der Waals surface area (Å²) in [4.78, 5) is 7.09. The summed E-state index contributed by atoms with van der Waals surface area (Å²) in [6, 6.07) is 0.651. The summed E-state index contributed by atoms with van der Waals surface area (Å²) in [5, 5.41) is 7.92. The first-order chi connectivity index (χ1) is 9.76. The van der Waals surface area contributed by atoms with Crippen LogP contribution in [0.4, 0.5) is 0 Å². The van der Waals surface area contributed by atoms with Crippen molar-refractivity contribution >= 4 is 5.96 Å². The molecular weight excluding hydrogens is 250 g/mol. The second-order valence-corrected chi connectivity index (χ2v) is 5.95. The van der Waals surface area contributed by atoms with Gasteiger partial charge in [-0.15, -0.1) is 0 Å². The Hall–Kier alpha value is -1.52. The third-order valence-electron chi connectivity index (χ3n) is 4.43. The quantitative estimate of drug-likeness (QED) is 0.675. The number of nitrogens with zero attached hydrogens (tertiary/aromatic N) is 4. The molecule has 2 aliphatic rings. The van der Waals surface area contributed by atoms with Crippen LogP contribution in [0.1, 0.15) is 44.1 Å². The molecule has 1 atom stereocenters. The molecule has 0 amide bonds. The molecule has 20 heavy (non-hydrogen) atoms. The molecule has 2 heterocycles. The lowest BCUT2D eigenvalue weighted by atomic mass is 9.93. The fraction of sp³-hybridized carbons (Fsp3) is 0.733. The first-order valence-corrected chi connectivity index (χ1v) is 7.80. The molecule has 1 aromatic rings. The van der Waals surface area contributed by atoms with E-state index in [9.17, 15) is 0 Å². The molecule has 3 rings (SSSR count). The summed E-state index contributed by atoms with van der Waals surface area (Å²) >= 11 is 0.